The lowest BCUT2D eigenvalue weighted by Crippen LogP contribution is -2.04. The Labute approximate surface area is 133 Å². The van der Waals surface area contributed by atoms with Crippen molar-refractivity contribution >= 4 is 0 Å². The minimum Gasteiger partial charge on any atom is -0.493 e. The van der Waals surface area contributed by atoms with E-state index in [0.717, 1.165) is 30.6 Å². The van der Waals surface area contributed by atoms with Gasteiger partial charge in [0.1, 0.15) is 5.75 Å². The first-order valence-electron chi connectivity index (χ1n) is 7.92. The first-order chi connectivity index (χ1) is 10.8. The van der Waals surface area contributed by atoms with Gasteiger partial charge in [0.15, 0.2) is 0 Å². The Balaban J connectivity index is 1.88. The zero-order valence-electron chi connectivity index (χ0n) is 13.4. The molecule has 0 fully saturated rings. The van der Waals surface area contributed by atoms with Crippen molar-refractivity contribution in [3.05, 3.63) is 65.2 Å². The number of nitrogens with zero attached hydrogens (tertiary/aromatic N) is 1. The highest BCUT2D eigenvalue weighted by atomic mass is 16.5. The summed E-state index contributed by atoms with van der Waals surface area (Å²) in [6, 6.07) is 18.7. The third-order valence-electron chi connectivity index (χ3n) is 3.97. The molecule has 0 heterocycles. The summed E-state index contributed by atoms with van der Waals surface area (Å²) in [5.74, 6) is 0.917. The van der Waals surface area contributed by atoms with Gasteiger partial charge in [-0.25, -0.2) is 0 Å². The highest BCUT2D eigenvalue weighted by Gasteiger charge is 2.12. The van der Waals surface area contributed by atoms with Crippen molar-refractivity contribution in [3.63, 3.8) is 0 Å². The van der Waals surface area contributed by atoms with Gasteiger partial charge < -0.3 is 4.74 Å². The summed E-state index contributed by atoms with van der Waals surface area (Å²) in [4.78, 5) is 0. The van der Waals surface area contributed by atoms with Crippen LogP contribution in [0.5, 0.6) is 5.75 Å². The Bertz CT molecular complexity index is 642. The summed E-state index contributed by atoms with van der Waals surface area (Å²) in [5, 5.41) is 9.41. The maximum atomic E-state index is 9.41. The normalized spacial score (nSPS) is 11.7. The van der Waals surface area contributed by atoms with Crippen LogP contribution in [-0.2, 0) is 6.42 Å². The van der Waals surface area contributed by atoms with E-state index in [4.69, 9.17) is 4.74 Å². The van der Waals surface area contributed by atoms with Gasteiger partial charge in [0, 0.05) is 0 Å². The van der Waals surface area contributed by atoms with E-state index in [0.29, 0.717) is 6.61 Å². The van der Waals surface area contributed by atoms with Crippen molar-refractivity contribution in [1.29, 1.82) is 5.26 Å². The van der Waals surface area contributed by atoms with E-state index < -0.39 is 0 Å². The van der Waals surface area contributed by atoms with Gasteiger partial charge in [0.25, 0.3) is 0 Å². The second-order valence-electron chi connectivity index (χ2n) is 5.49. The van der Waals surface area contributed by atoms with E-state index in [9.17, 15) is 5.26 Å². The third kappa shape index (κ3) is 4.11. The van der Waals surface area contributed by atoms with Gasteiger partial charge in [-0.15, -0.1) is 0 Å². The molecule has 2 heteroatoms. The van der Waals surface area contributed by atoms with E-state index in [1.165, 1.54) is 11.1 Å². The average molecular weight is 293 g/mol. The van der Waals surface area contributed by atoms with Gasteiger partial charge in [-0.05, 0) is 48.9 Å². The van der Waals surface area contributed by atoms with Crippen LogP contribution in [0.2, 0.25) is 0 Å². The SMILES string of the molecule is CCc1ccccc1OCCCC(C#N)c1ccccc1C. The zero-order valence-corrected chi connectivity index (χ0v) is 13.4. The molecule has 1 unspecified atom stereocenters. The molecule has 0 aromatic heterocycles. The Morgan fingerprint density at radius 2 is 1.82 bits per heavy atom. The highest BCUT2D eigenvalue weighted by molar-refractivity contribution is 5.33. The summed E-state index contributed by atoms with van der Waals surface area (Å²) >= 11 is 0. The minimum atomic E-state index is -0.0498. The molecular formula is C20H23NO. The van der Waals surface area contributed by atoms with E-state index in [2.05, 4.69) is 38.1 Å². The molecule has 0 amide bonds. The van der Waals surface area contributed by atoms with Crippen molar-refractivity contribution in [1.82, 2.24) is 0 Å². The molecule has 0 saturated heterocycles. The molecule has 114 valence electrons. The van der Waals surface area contributed by atoms with Gasteiger partial charge in [0.05, 0.1) is 18.6 Å². The van der Waals surface area contributed by atoms with Crippen LogP contribution in [-0.4, -0.2) is 6.61 Å². The summed E-state index contributed by atoms with van der Waals surface area (Å²) < 4.78 is 5.88. The molecule has 0 aliphatic heterocycles. The molecule has 0 bridgehead atoms. The van der Waals surface area contributed by atoms with Gasteiger partial charge in [-0.1, -0.05) is 49.4 Å². The molecule has 0 N–H and O–H groups in total. The molecule has 2 rings (SSSR count). The molecule has 2 aromatic carbocycles. The molecule has 0 saturated carbocycles. The molecule has 0 spiro atoms. The van der Waals surface area contributed by atoms with Crippen molar-refractivity contribution < 1.29 is 4.74 Å². The second-order valence-corrected chi connectivity index (χ2v) is 5.49. The van der Waals surface area contributed by atoms with E-state index >= 15 is 0 Å². The largest absolute Gasteiger partial charge is 0.493 e. The summed E-state index contributed by atoms with van der Waals surface area (Å²) in [7, 11) is 0. The number of benzene rings is 2. The van der Waals surface area contributed by atoms with Crippen LogP contribution in [0.25, 0.3) is 0 Å². The molecular weight excluding hydrogens is 270 g/mol. The first kappa shape index (κ1) is 16.1. The average Bonchev–Trinajstić information content (AvgIpc) is 2.56. The number of para-hydroxylation sites is 1. The topological polar surface area (TPSA) is 33.0 Å². The fourth-order valence-corrected chi connectivity index (χ4v) is 2.67. The van der Waals surface area contributed by atoms with Crippen molar-refractivity contribution in [2.45, 2.75) is 39.0 Å². The minimum absolute atomic E-state index is 0.0498. The number of nitriles is 1. The third-order valence-corrected chi connectivity index (χ3v) is 3.97. The smallest absolute Gasteiger partial charge is 0.122 e. The zero-order chi connectivity index (χ0) is 15.8. The quantitative estimate of drug-likeness (QED) is 0.671. The van der Waals surface area contributed by atoms with E-state index in [1.54, 1.807) is 0 Å². The molecule has 2 aromatic rings. The lowest BCUT2D eigenvalue weighted by Gasteiger charge is -2.13. The molecule has 1 atom stereocenters. The highest BCUT2D eigenvalue weighted by Crippen LogP contribution is 2.24. The van der Waals surface area contributed by atoms with Crippen LogP contribution in [0.4, 0.5) is 0 Å². The predicted molar refractivity (Wildman–Crippen MR) is 90.1 cm³/mol. The Kier molecular flexibility index (Phi) is 6.03. The summed E-state index contributed by atoms with van der Waals surface area (Å²) in [5.41, 5.74) is 3.56. The van der Waals surface area contributed by atoms with Gasteiger partial charge in [0.2, 0.25) is 0 Å². The summed E-state index contributed by atoms with van der Waals surface area (Å²) in [6.45, 7) is 4.85. The van der Waals surface area contributed by atoms with Crippen LogP contribution in [0, 0.1) is 18.3 Å². The molecule has 22 heavy (non-hydrogen) atoms. The number of hydrogen-bond donors (Lipinski definition) is 0. The van der Waals surface area contributed by atoms with Gasteiger partial charge >= 0.3 is 0 Å². The van der Waals surface area contributed by atoms with Crippen LogP contribution in [0.1, 0.15) is 42.4 Å². The lowest BCUT2D eigenvalue weighted by atomic mass is 9.92. The van der Waals surface area contributed by atoms with E-state index in [1.807, 2.05) is 30.3 Å². The standard InChI is InChI=1S/C20H23NO/c1-3-17-10-5-7-13-20(17)22-14-8-11-18(15-21)19-12-6-4-9-16(19)2/h4-7,9-10,12-13,18H,3,8,11,14H2,1-2H3. The lowest BCUT2D eigenvalue weighted by molar-refractivity contribution is 0.302. The summed E-state index contributed by atoms with van der Waals surface area (Å²) in [6.07, 6.45) is 2.68. The number of rotatable bonds is 7. The fourth-order valence-electron chi connectivity index (χ4n) is 2.67. The second kappa shape index (κ2) is 8.24. The Hall–Kier alpha value is -2.27. The van der Waals surface area contributed by atoms with E-state index in [-0.39, 0.29) is 5.92 Å². The first-order valence-corrected chi connectivity index (χ1v) is 7.92. The van der Waals surface area contributed by atoms with Crippen LogP contribution >= 0.6 is 0 Å². The monoisotopic (exact) mass is 293 g/mol. The molecule has 2 nitrogen and oxygen atoms in total. The Morgan fingerprint density at radius 3 is 2.55 bits per heavy atom. The van der Waals surface area contributed by atoms with Crippen molar-refractivity contribution in [3.8, 4) is 11.8 Å². The van der Waals surface area contributed by atoms with Crippen LogP contribution in [0.15, 0.2) is 48.5 Å². The van der Waals surface area contributed by atoms with Gasteiger partial charge in [-0.3, -0.25) is 0 Å². The molecule has 0 aliphatic carbocycles. The number of aryl methyl sites for hydroxylation is 2. The maximum Gasteiger partial charge on any atom is 0.122 e. The predicted octanol–water partition coefficient (Wildman–Crippen LogP) is 5.02. The Morgan fingerprint density at radius 1 is 1.09 bits per heavy atom. The number of ether oxygens (including phenoxy) is 1. The van der Waals surface area contributed by atoms with Crippen LogP contribution < -0.4 is 4.74 Å². The maximum absolute atomic E-state index is 9.41. The van der Waals surface area contributed by atoms with Gasteiger partial charge in [-0.2, -0.15) is 5.26 Å². The number of hydrogen-bond acceptors (Lipinski definition) is 2. The van der Waals surface area contributed by atoms with Crippen molar-refractivity contribution in [2.75, 3.05) is 6.61 Å². The molecule has 0 aliphatic rings. The fraction of sp³-hybridized carbons (Fsp3) is 0.350. The van der Waals surface area contributed by atoms with Crippen molar-refractivity contribution in [2.24, 2.45) is 0 Å². The molecule has 0 radical (unpaired) electrons. The van der Waals surface area contributed by atoms with Crippen LogP contribution in [0.3, 0.4) is 0 Å².